The Hall–Kier alpha value is -1.39. The summed E-state index contributed by atoms with van der Waals surface area (Å²) in [6, 6.07) is 7.91. The molecule has 21 heavy (non-hydrogen) atoms. The zero-order chi connectivity index (χ0) is 15.4. The number of nitrogens with zero attached hydrogens (tertiary/aromatic N) is 2. The molecule has 0 spiro atoms. The summed E-state index contributed by atoms with van der Waals surface area (Å²) in [5.74, 6) is 1.81. The molecular weight excluding hydrogens is 286 g/mol. The Kier molecular flexibility index (Phi) is 5.37. The smallest absolute Gasteiger partial charge is 0.233 e. The Morgan fingerprint density at radius 1 is 1.10 bits per heavy atom. The molecule has 0 radical (unpaired) electrons. The van der Waals surface area contributed by atoms with E-state index in [9.17, 15) is 0 Å². The van der Waals surface area contributed by atoms with E-state index in [2.05, 4.69) is 36.3 Å². The van der Waals surface area contributed by atoms with Gasteiger partial charge in [0.1, 0.15) is 0 Å². The van der Waals surface area contributed by atoms with Gasteiger partial charge in [-0.15, -0.1) is 10.2 Å². The van der Waals surface area contributed by atoms with Crippen LogP contribution in [0.3, 0.4) is 0 Å². The number of hydrogen-bond acceptors (Lipinski definition) is 4. The van der Waals surface area contributed by atoms with Gasteiger partial charge in [-0.2, -0.15) is 0 Å². The standard InChI is InChI=1S/C16H22ClN3O/c1-10(2)9-15-19-20-16(21-15)12(4)18-11(3)13-7-5-6-8-14(13)17/h5-8,10-12,18H,9H2,1-4H3. The fourth-order valence-electron chi connectivity index (χ4n) is 2.24. The Morgan fingerprint density at radius 2 is 1.81 bits per heavy atom. The van der Waals surface area contributed by atoms with Gasteiger partial charge in [-0.3, -0.25) is 5.32 Å². The lowest BCUT2D eigenvalue weighted by Gasteiger charge is -2.18. The molecule has 0 aliphatic heterocycles. The van der Waals surface area contributed by atoms with Crippen molar-refractivity contribution in [3.05, 3.63) is 46.6 Å². The van der Waals surface area contributed by atoms with E-state index in [-0.39, 0.29) is 12.1 Å². The molecule has 4 nitrogen and oxygen atoms in total. The van der Waals surface area contributed by atoms with Gasteiger partial charge in [-0.25, -0.2) is 0 Å². The van der Waals surface area contributed by atoms with E-state index < -0.39 is 0 Å². The molecule has 2 rings (SSSR count). The maximum Gasteiger partial charge on any atom is 0.233 e. The minimum atomic E-state index is -0.0234. The molecule has 1 N–H and O–H groups in total. The molecule has 2 aromatic rings. The van der Waals surface area contributed by atoms with Crippen molar-refractivity contribution in [2.24, 2.45) is 5.92 Å². The normalized spacial score (nSPS) is 14.4. The van der Waals surface area contributed by atoms with Gasteiger partial charge in [-0.1, -0.05) is 43.6 Å². The first-order valence-corrected chi connectivity index (χ1v) is 7.68. The molecule has 0 fully saturated rings. The van der Waals surface area contributed by atoms with Gasteiger partial charge in [0.15, 0.2) is 0 Å². The molecule has 1 aromatic heterocycles. The van der Waals surface area contributed by atoms with Crippen LogP contribution in [0.25, 0.3) is 0 Å². The van der Waals surface area contributed by atoms with Crippen LogP contribution in [0, 0.1) is 5.92 Å². The van der Waals surface area contributed by atoms with Crippen LogP contribution in [-0.4, -0.2) is 10.2 Å². The zero-order valence-electron chi connectivity index (χ0n) is 12.9. The van der Waals surface area contributed by atoms with Crippen molar-refractivity contribution in [3.8, 4) is 0 Å². The first-order valence-electron chi connectivity index (χ1n) is 7.30. The van der Waals surface area contributed by atoms with Gasteiger partial charge in [0, 0.05) is 17.5 Å². The molecule has 2 atom stereocenters. The molecule has 5 heteroatoms. The summed E-state index contributed by atoms with van der Waals surface area (Å²) in [7, 11) is 0. The van der Waals surface area contributed by atoms with Crippen molar-refractivity contribution in [2.75, 3.05) is 0 Å². The van der Waals surface area contributed by atoms with Crippen molar-refractivity contribution in [1.82, 2.24) is 15.5 Å². The van der Waals surface area contributed by atoms with Gasteiger partial charge >= 0.3 is 0 Å². The van der Waals surface area contributed by atoms with E-state index in [1.165, 1.54) is 0 Å². The highest BCUT2D eigenvalue weighted by molar-refractivity contribution is 6.31. The lowest BCUT2D eigenvalue weighted by Crippen LogP contribution is -2.23. The van der Waals surface area contributed by atoms with Crippen LogP contribution in [0.1, 0.15) is 57.1 Å². The average molecular weight is 308 g/mol. The molecule has 0 bridgehead atoms. The largest absolute Gasteiger partial charge is 0.424 e. The van der Waals surface area contributed by atoms with Crippen LogP contribution in [0.4, 0.5) is 0 Å². The molecule has 0 aliphatic carbocycles. The SMILES string of the molecule is CC(C)Cc1nnc(C(C)NC(C)c2ccccc2Cl)o1. The molecule has 1 aromatic carbocycles. The van der Waals surface area contributed by atoms with E-state index in [0.717, 1.165) is 17.0 Å². The summed E-state index contributed by atoms with van der Waals surface area (Å²) in [6.07, 6.45) is 0.805. The number of halogens is 1. The zero-order valence-corrected chi connectivity index (χ0v) is 13.7. The van der Waals surface area contributed by atoms with Crippen molar-refractivity contribution < 1.29 is 4.42 Å². The van der Waals surface area contributed by atoms with Gasteiger partial charge in [0.05, 0.1) is 6.04 Å². The van der Waals surface area contributed by atoms with Crippen LogP contribution in [-0.2, 0) is 6.42 Å². The lowest BCUT2D eigenvalue weighted by atomic mass is 10.1. The Bertz CT molecular complexity index is 582. The van der Waals surface area contributed by atoms with Crippen LogP contribution in [0.15, 0.2) is 28.7 Å². The van der Waals surface area contributed by atoms with Crippen LogP contribution < -0.4 is 5.32 Å². The Labute approximate surface area is 130 Å². The van der Waals surface area contributed by atoms with E-state index >= 15 is 0 Å². The molecule has 0 aliphatic rings. The van der Waals surface area contributed by atoms with Gasteiger partial charge in [-0.05, 0) is 31.4 Å². The topological polar surface area (TPSA) is 51.0 Å². The summed E-state index contributed by atoms with van der Waals surface area (Å²) < 4.78 is 5.71. The minimum Gasteiger partial charge on any atom is -0.424 e. The van der Waals surface area contributed by atoms with Crippen molar-refractivity contribution in [3.63, 3.8) is 0 Å². The maximum absolute atomic E-state index is 6.22. The summed E-state index contributed by atoms with van der Waals surface area (Å²) in [4.78, 5) is 0. The molecule has 1 heterocycles. The molecule has 0 saturated carbocycles. The molecule has 0 saturated heterocycles. The molecule has 0 amide bonds. The third kappa shape index (κ3) is 4.29. The van der Waals surface area contributed by atoms with Gasteiger partial charge < -0.3 is 4.42 Å². The van der Waals surface area contributed by atoms with E-state index in [0.29, 0.717) is 17.7 Å². The fourth-order valence-corrected chi connectivity index (χ4v) is 2.54. The van der Waals surface area contributed by atoms with Crippen LogP contribution >= 0.6 is 11.6 Å². The third-order valence-corrected chi connectivity index (χ3v) is 3.65. The highest BCUT2D eigenvalue weighted by atomic mass is 35.5. The minimum absolute atomic E-state index is 0.0234. The first-order chi connectivity index (χ1) is 9.97. The summed E-state index contributed by atoms with van der Waals surface area (Å²) in [6.45, 7) is 8.35. The summed E-state index contributed by atoms with van der Waals surface area (Å²) >= 11 is 6.22. The summed E-state index contributed by atoms with van der Waals surface area (Å²) in [5.41, 5.74) is 1.06. The predicted octanol–water partition coefficient (Wildman–Crippen LogP) is 4.33. The Balaban J connectivity index is 2.02. The van der Waals surface area contributed by atoms with Crippen molar-refractivity contribution in [2.45, 2.75) is 46.2 Å². The highest BCUT2D eigenvalue weighted by Gasteiger charge is 2.18. The number of aromatic nitrogens is 2. The quantitative estimate of drug-likeness (QED) is 0.863. The second-order valence-corrected chi connectivity index (χ2v) is 6.17. The third-order valence-electron chi connectivity index (χ3n) is 3.31. The lowest BCUT2D eigenvalue weighted by molar-refractivity contribution is 0.364. The van der Waals surface area contributed by atoms with E-state index in [1.807, 2.05) is 31.2 Å². The number of benzene rings is 1. The van der Waals surface area contributed by atoms with Crippen molar-refractivity contribution >= 4 is 11.6 Å². The summed E-state index contributed by atoms with van der Waals surface area (Å²) in [5, 5.41) is 12.4. The fraction of sp³-hybridized carbons (Fsp3) is 0.500. The second kappa shape index (κ2) is 7.05. The number of rotatable bonds is 6. The van der Waals surface area contributed by atoms with Gasteiger partial charge in [0.2, 0.25) is 11.8 Å². The van der Waals surface area contributed by atoms with E-state index in [1.54, 1.807) is 0 Å². The van der Waals surface area contributed by atoms with E-state index in [4.69, 9.17) is 16.0 Å². The van der Waals surface area contributed by atoms with Crippen LogP contribution in [0.5, 0.6) is 0 Å². The maximum atomic E-state index is 6.22. The highest BCUT2D eigenvalue weighted by Crippen LogP contribution is 2.25. The second-order valence-electron chi connectivity index (χ2n) is 5.76. The Morgan fingerprint density at radius 3 is 2.48 bits per heavy atom. The average Bonchev–Trinajstić information content (AvgIpc) is 2.86. The van der Waals surface area contributed by atoms with Crippen molar-refractivity contribution in [1.29, 1.82) is 0 Å². The number of nitrogens with one attached hydrogen (secondary N) is 1. The van der Waals surface area contributed by atoms with Crippen LogP contribution in [0.2, 0.25) is 5.02 Å². The predicted molar refractivity (Wildman–Crippen MR) is 84.3 cm³/mol. The molecule has 2 unspecified atom stereocenters. The molecule has 114 valence electrons. The van der Waals surface area contributed by atoms with Gasteiger partial charge in [0.25, 0.3) is 0 Å². The first kappa shape index (κ1) is 16.0. The molecular formula is C16H22ClN3O. The monoisotopic (exact) mass is 307 g/mol. The number of hydrogen-bond donors (Lipinski definition) is 1.